The molecule has 2 aromatic rings. The third-order valence-electron chi connectivity index (χ3n) is 4.95. The lowest BCUT2D eigenvalue weighted by Gasteiger charge is -2.32. The highest BCUT2D eigenvalue weighted by atomic mass is 16.5. The number of allylic oxidation sites excluding steroid dienone is 2. The molecule has 0 saturated heterocycles. The highest BCUT2D eigenvalue weighted by molar-refractivity contribution is 6.21. The third-order valence-corrected chi connectivity index (χ3v) is 4.95. The molecule has 32 heavy (non-hydrogen) atoms. The van der Waals surface area contributed by atoms with E-state index in [9.17, 15) is 0 Å². The lowest BCUT2D eigenvalue weighted by atomic mass is 10.1. The van der Waals surface area contributed by atoms with E-state index in [0.717, 1.165) is 34.1 Å². The highest BCUT2D eigenvalue weighted by Crippen LogP contribution is 2.48. The van der Waals surface area contributed by atoms with Crippen LogP contribution in [0.4, 0.5) is 11.4 Å². The second-order valence-corrected chi connectivity index (χ2v) is 6.98. The van der Waals surface area contributed by atoms with Gasteiger partial charge in [0.25, 0.3) is 0 Å². The van der Waals surface area contributed by atoms with Crippen LogP contribution in [0, 0.1) is 0 Å². The quantitative estimate of drug-likeness (QED) is 0.716. The minimum Gasteiger partial charge on any atom is -0.453 e. The van der Waals surface area contributed by atoms with E-state index < -0.39 is 0 Å². The van der Waals surface area contributed by atoms with Crippen LogP contribution >= 0.6 is 0 Å². The summed E-state index contributed by atoms with van der Waals surface area (Å²) in [7, 11) is 0. The predicted octanol–water partition coefficient (Wildman–Crippen LogP) is 4.97. The van der Waals surface area contributed by atoms with Gasteiger partial charge in [0, 0.05) is 24.2 Å². The van der Waals surface area contributed by atoms with Crippen LogP contribution < -0.4 is 15.4 Å². The van der Waals surface area contributed by atoms with E-state index in [2.05, 4.69) is 31.3 Å². The number of ether oxygens (including phenoxy) is 1. The minimum atomic E-state index is 0.418. The van der Waals surface area contributed by atoms with E-state index >= 15 is 0 Å². The number of fused-ring (bicyclic) bond motifs is 2. The van der Waals surface area contributed by atoms with Crippen molar-refractivity contribution in [1.82, 2.24) is 0 Å². The highest BCUT2D eigenvalue weighted by Gasteiger charge is 2.25. The number of nitrogens with two attached hydrogens (primary N) is 1. The van der Waals surface area contributed by atoms with E-state index in [-0.39, 0.29) is 0 Å². The van der Waals surface area contributed by atoms with Crippen molar-refractivity contribution >= 4 is 29.6 Å². The molecule has 0 amide bonds. The molecule has 0 aromatic heterocycles. The molecule has 2 aliphatic heterocycles. The topological polar surface area (TPSA) is 75.6 Å². The average molecular weight is 417 g/mol. The molecule has 0 fully saturated rings. The van der Waals surface area contributed by atoms with Crippen molar-refractivity contribution in [3.05, 3.63) is 107 Å². The summed E-state index contributed by atoms with van der Waals surface area (Å²) in [5, 5.41) is 0. The van der Waals surface area contributed by atoms with E-state index in [1.807, 2.05) is 66.8 Å². The Morgan fingerprint density at radius 2 is 1.69 bits per heavy atom. The van der Waals surface area contributed by atoms with Gasteiger partial charge in [0.2, 0.25) is 0 Å². The summed E-state index contributed by atoms with van der Waals surface area (Å²) in [4.78, 5) is 15.1. The smallest absolute Gasteiger partial charge is 0.151 e. The molecule has 0 bridgehead atoms. The van der Waals surface area contributed by atoms with Gasteiger partial charge in [-0.2, -0.15) is 0 Å². The molecule has 154 valence electrons. The molecule has 0 radical (unpaired) electrons. The second kappa shape index (κ2) is 8.62. The first-order chi connectivity index (χ1) is 15.8. The number of hydrogen-bond acceptors (Lipinski definition) is 5. The molecule has 2 heterocycles. The summed E-state index contributed by atoms with van der Waals surface area (Å²) in [5.41, 5.74) is 16.5. The Labute approximate surface area is 185 Å². The van der Waals surface area contributed by atoms with Gasteiger partial charge in [0.1, 0.15) is 5.84 Å². The number of aliphatic imine (C=N–C) groups is 3. The van der Waals surface area contributed by atoms with Gasteiger partial charge < -0.3 is 10.5 Å². The van der Waals surface area contributed by atoms with Crippen LogP contribution in [0.15, 0.2) is 122 Å². The standard InChI is InChI=1S/C26H19N5O/c27-17-21(30-26-18-28-15-16-29-26)19-7-1-2-8-20(14-13-19)31-22-9-3-5-11-24(22)32-25-12-6-4-10-23(25)31/h1-6,9-17H,18,27H2/b14-13-,21-17-,30-26+. The summed E-state index contributed by atoms with van der Waals surface area (Å²) >= 11 is 0. The molecule has 2 aromatic carbocycles. The maximum absolute atomic E-state index is 6.11. The monoisotopic (exact) mass is 417 g/mol. The number of nitrogens with zero attached hydrogens (tertiary/aromatic N) is 4. The van der Waals surface area contributed by atoms with Crippen molar-refractivity contribution in [2.45, 2.75) is 0 Å². The molecule has 6 nitrogen and oxygen atoms in total. The lowest BCUT2D eigenvalue weighted by Crippen LogP contribution is -2.19. The Balaban J connectivity index is 1.54. The van der Waals surface area contributed by atoms with Crippen LogP contribution in [-0.2, 0) is 0 Å². The number of anilines is 2. The molecular weight excluding hydrogens is 398 g/mol. The zero-order chi connectivity index (χ0) is 21.8. The molecule has 5 rings (SSSR count). The van der Waals surface area contributed by atoms with Gasteiger partial charge in [-0.3, -0.25) is 9.89 Å². The summed E-state index contributed by atoms with van der Waals surface area (Å²) in [6.45, 7) is 0.418. The zero-order valence-corrected chi connectivity index (χ0v) is 17.1. The number of rotatable bonds is 3. The SMILES string of the molecule is N/C=C(\N=C1/CN=CC=N1)C1=C=CC=C=C(N2c3ccccc3Oc3ccccc32)/C=C\1. The number of benzene rings is 2. The van der Waals surface area contributed by atoms with Gasteiger partial charge in [0.05, 0.1) is 29.3 Å². The largest absolute Gasteiger partial charge is 0.453 e. The Kier molecular flexibility index (Phi) is 5.21. The van der Waals surface area contributed by atoms with Gasteiger partial charge in [-0.05, 0) is 48.6 Å². The first-order valence-corrected chi connectivity index (χ1v) is 10.1. The zero-order valence-electron chi connectivity index (χ0n) is 17.1. The molecule has 6 heteroatoms. The van der Waals surface area contributed by atoms with Crippen LogP contribution in [0.25, 0.3) is 0 Å². The van der Waals surface area contributed by atoms with Gasteiger partial charge in [-0.15, -0.1) is 5.73 Å². The third kappa shape index (κ3) is 3.75. The van der Waals surface area contributed by atoms with Crippen molar-refractivity contribution in [3.8, 4) is 11.5 Å². The maximum Gasteiger partial charge on any atom is 0.151 e. The lowest BCUT2D eigenvalue weighted by molar-refractivity contribution is 0.476. The van der Waals surface area contributed by atoms with Crippen LogP contribution in [0.3, 0.4) is 0 Å². The Morgan fingerprint density at radius 1 is 0.969 bits per heavy atom. The first kappa shape index (κ1) is 19.3. The molecule has 0 saturated carbocycles. The summed E-state index contributed by atoms with van der Waals surface area (Å²) in [6, 6.07) is 15.9. The van der Waals surface area contributed by atoms with Crippen LogP contribution in [0.5, 0.6) is 11.5 Å². The van der Waals surface area contributed by atoms with Gasteiger partial charge >= 0.3 is 0 Å². The Bertz CT molecular complexity index is 1310. The Morgan fingerprint density at radius 3 is 2.38 bits per heavy atom. The summed E-state index contributed by atoms with van der Waals surface area (Å²) in [6.07, 6.45) is 12.2. The van der Waals surface area contributed by atoms with E-state index in [0.29, 0.717) is 18.1 Å². The molecule has 3 aliphatic rings. The van der Waals surface area contributed by atoms with E-state index in [4.69, 9.17) is 10.5 Å². The van der Waals surface area contributed by atoms with Crippen molar-refractivity contribution < 1.29 is 4.74 Å². The van der Waals surface area contributed by atoms with E-state index in [1.54, 1.807) is 18.5 Å². The van der Waals surface area contributed by atoms with Crippen LogP contribution in [0.1, 0.15) is 0 Å². The molecule has 0 unspecified atom stereocenters. The number of para-hydroxylation sites is 4. The fraction of sp³-hybridized carbons (Fsp3) is 0.0385. The van der Waals surface area contributed by atoms with Crippen LogP contribution in [0.2, 0.25) is 0 Å². The summed E-state index contributed by atoms with van der Waals surface area (Å²) in [5.74, 6) is 2.16. The molecule has 2 N–H and O–H groups in total. The predicted molar refractivity (Wildman–Crippen MR) is 129 cm³/mol. The number of hydrogen-bond donors (Lipinski definition) is 1. The van der Waals surface area contributed by atoms with Crippen molar-refractivity contribution in [1.29, 1.82) is 0 Å². The summed E-state index contributed by atoms with van der Waals surface area (Å²) < 4.78 is 6.11. The Hall–Kier alpha value is -4.63. The second-order valence-electron chi connectivity index (χ2n) is 6.98. The van der Waals surface area contributed by atoms with Crippen molar-refractivity contribution in [2.24, 2.45) is 20.7 Å². The number of amidine groups is 1. The van der Waals surface area contributed by atoms with Crippen molar-refractivity contribution in [2.75, 3.05) is 11.4 Å². The first-order valence-electron chi connectivity index (χ1n) is 10.1. The molecule has 1 aliphatic carbocycles. The molecule has 0 atom stereocenters. The van der Waals surface area contributed by atoms with Gasteiger partial charge in [-0.1, -0.05) is 30.0 Å². The minimum absolute atomic E-state index is 0.418. The van der Waals surface area contributed by atoms with E-state index in [1.165, 1.54) is 6.20 Å². The molecule has 0 spiro atoms. The normalized spacial score (nSPS) is 18.8. The molecular formula is C26H19N5O. The fourth-order valence-electron chi connectivity index (χ4n) is 3.51. The fourth-order valence-corrected chi connectivity index (χ4v) is 3.51. The van der Waals surface area contributed by atoms with Gasteiger partial charge in [-0.25, -0.2) is 9.98 Å². The van der Waals surface area contributed by atoms with Gasteiger partial charge in [0.15, 0.2) is 11.5 Å². The maximum atomic E-state index is 6.11. The van der Waals surface area contributed by atoms with Crippen molar-refractivity contribution in [3.63, 3.8) is 0 Å². The average Bonchev–Trinajstić information content (AvgIpc) is 2.83. The van der Waals surface area contributed by atoms with Crippen LogP contribution in [-0.4, -0.2) is 24.8 Å².